The van der Waals surface area contributed by atoms with Crippen molar-refractivity contribution in [2.24, 2.45) is 0 Å². The van der Waals surface area contributed by atoms with Crippen molar-refractivity contribution in [3.63, 3.8) is 0 Å². The average molecular weight is 202 g/mol. The van der Waals surface area contributed by atoms with Gasteiger partial charge in [0.25, 0.3) is 0 Å². The number of hydrogen-bond acceptors (Lipinski definition) is 3. The van der Waals surface area contributed by atoms with Crippen molar-refractivity contribution in [1.29, 1.82) is 0 Å². The van der Waals surface area contributed by atoms with Gasteiger partial charge >= 0.3 is 0 Å². The predicted molar refractivity (Wildman–Crippen MR) is 57.0 cm³/mol. The minimum atomic E-state index is 0.226. The first-order valence-electron chi connectivity index (χ1n) is 4.71. The maximum absolute atomic E-state index is 11.4. The Kier molecular flexibility index (Phi) is 4.59. The van der Waals surface area contributed by atoms with Gasteiger partial charge in [-0.05, 0) is 19.1 Å². The number of amides is 1. The number of hydrogen-bond donors (Lipinski definition) is 1. The molecule has 1 aliphatic rings. The molecule has 1 fully saturated rings. The number of thioether (sulfide) groups is 1. The number of carbonyl (C=O) groups excluding carboxylic acids is 1. The lowest BCUT2D eigenvalue weighted by Gasteiger charge is -2.16. The molecule has 1 aliphatic carbocycles. The molecule has 0 aromatic carbocycles. The van der Waals surface area contributed by atoms with Crippen LogP contribution in [0, 0.1) is 0 Å². The highest BCUT2D eigenvalue weighted by Gasteiger charge is 2.28. The van der Waals surface area contributed by atoms with Crippen LogP contribution in [0.5, 0.6) is 0 Å². The SMILES string of the molecule is CSCCNCC(=O)N(C)C1CC1. The molecule has 0 spiro atoms. The van der Waals surface area contributed by atoms with E-state index in [1.54, 1.807) is 11.8 Å². The van der Waals surface area contributed by atoms with Gasteiger partial charge in [0, 0.05) is 25.4 Å². The summed E-state index contributed by atoms with van der Waals surface area (Å²) in [5, 5.41) is 3.14. The molecular formula is C9H18N2OS. The van der Waals surface area contributed by atoms with E-state index >= 15 is 0 Å². The first kappa shape index (κ1) is 10.9. The average Bonchev–Trinajstić information content (AvgIpc) is 2.94. The van der Waals surface area contributed by atoms with Crippen LogP contribution in [0.3, 0.4) is 0 Å². The zero-order valence-electron chi connectivity index (χ0n) is 8.38. The van der Waals surface area contributed by atoms with Gasteiger partial charge in [-0.2, -0.15) is 11.8 Å². The zero-order chi connectivity index (χ0) is 9.68. The fourth-order valence-electron chi connectivity index (χ4n) is 1.16. The summed E-state index contributed by atoms with van der Waals surface area (Å²) in [5.41, 5.74) is 0. The maximum atomic E-state index is 11.4. The quantitative estimate of drug-likeness (QED) is 0.639. The van der Waals surface area contributed by atoms with Crippen molar-refractivity contribution in [1.82, 2.24) is 10.2 Å². The predicted octanol–water partition coefficient (Wildman–Crippen LogP) is 0.560. The van der Waals surface area contributed by atoms with E-state index in [0.717, 1.165) is 12.3 Å². The fourth-order valence-corrected chi connectivity index (χ4v) is 1.51. The lowest BCUT2D eigenvalue weighted by atomic mass is 10.4. The Morgan fingerprint density at radius 3 is 2.85 bits per heavy atom. The molecule has 0 aromatic heterocycles. The van der Waals surface area contributed by atoms with Gasteiger partial charge in [0.15, 0.2) is 0 Å². The van der Waals surface area contributed by atoms with Crippen LogP contribution in [0.15, 0.2) is 0 Å². The molecule has 1 rings (SSSR count). The molecule has 1 N–H and O–H groups in total. The van der Waals surface area contributed by atoms with Crippen LogP contribution >= 0.6 is 11.8 Å². The van der Waals surface area contributed by atoms with E-state index in [1.807, 2.05) is 11.9 Å². The molecule has 0 bridgehead atoms. The summed E-state index contributed by atoms with van der Waals surface area (Å²) in [6.07, 6.45) is 4.44. The minimum absolute atomic E-state index is 0.226. The summed E-state index contributed by atoms with van der Waals surface area (Å²) < 4.78 is 0. The van der Waals surface area contributed by atoms with Gasteiger partial charge in [0.2, 0.25) is 5.91 Å². The van der Waals surface area contributed by atoms with Crippen LogP contribution in [-0.2, 0) is 4.79 Å². The van der Waals surface area contributed by atoms with E-state index in [0.29, 0.717) is 12.6 Å². The topological polar surface area (TPSA) is 32.3 Å². The van der Waals surface area contributed by atoms with Crippen molar-refractivity contribution < 1.29 is 4.79 Å². The first-order chi connectivity index (χ1) is 6.25. The van der Waals surface area contributed by atoms with Crippen LogP contribution in [-0.4, -0.2) is 49.0 Å². The fraction of sp³-hybridized carbons (Fsp3) is 0.889. The third-order valence-corrected chi connectivity index (χ3v) is 2.86. The first-order valence-corrected chi connectivity index (χ1v) is 6.10. The smallest absolute Gasteiger partial charge is 0.236 e. The van der Waals surface area contributed by atoms with Crippen molar-refractivity contribution in [2.75, 3.05) is 32.1 Å². The zero-order valence-corrected chi connectivity index (χ0v) is 9.19. The Hall–Kier alpha value is -0.220. The van der Waals surface area contributed by atoms with Crippen LogP contribution in [0.1, 0.15) is 12.8 Å². The van der Waals surface area contributed by atoms with Crippen LogP contribution in [0.25, 0.3) is 0 Å². The molecule has 0 aromatic rings. The maximum Gasteiger partial charge on any atom is 0.236 e. The molecule has 0 aliphatic heterocycles. The second kappa shape index (κ2) is 5.50. The number of rotatable bonds is 6. The van der Waals surface area contributed by atoms with E-state index in [4.69, 9.17) is 0 Å². The summed E-state index contributed by atoms with van der Waals surface area (Å²) in [6.45, 7) is 1.42. The lowest BCUT2D eigenvalue weighted by Crippen LogP contribution is -2.37. The Morgan fingerprint density at radius 2 is 2.31 bits per heavy atom. The monoisotopic (exact) mass is 202 g/mol. The highest BCUT2D eigenvalue weighted by atomic mass is 32.2. The Morgan fingerprint density at radius 1 is 1.62 bits per heavy atom. The van der Waals surface area contributed by atoms with Gasteiger partial charge in [-0.15, -0.1) is 0 Å². The minimum Gasteiger partial charge on any atom is -0.342 e. The second-order valence-corrected chi connectivity index (χ2v) is 4.39. The van der Waals surface area contributed by atoms with Gasteiger partial charge in [-0.1, -0.05) is 0 Å². The van der Waals surface area contributed by atoms with Gasteiger partial charge in [0.05, 0.1) is 6.54 Å². The van der Waals surface area contributed by atoms with Gasteiger partial charge in [0.1, 0.15) is 0 Å². The van der Waals surface area contributed by atoms with E-state index in [1.165, 1.54) is 12.8 Å². The number of likely N-dealkylation sites (N-methyl/N-ethyl adjacent to an activating group) is 1. The van der Waals surface area contributed by atoms with Crippen LogP contribution < -0.4 is 5.32 Å². The molecule has 0 heterocycles. The molecule has 3 nitrogen and oxygen atoms in total. The third kappa shape index (κ3) is 4.00. The molecule has 1 amide bonds. The number of nitrogens with one attached hydrogen (secondary N) is 1. The number of nitrogens with zero attached hydrogens (tertiary/aromatic N) is 1. The summed E-state index contributed by atoms with van der Waals surface area (Å²) >= 11 is 1.79. The highest BCUT2D eigenvalue weighted by molar-refractivity contribution is 7.98. The number of carbonyl (C=O) groups is 1. The summed E-state index contributed by atoms with van der Waals surface area (Å²) in [6, 6.07) is 0.537. The Balaban J connectivity index is 2.02. The van der Waals surface area contributed by atoms with Gasteiger partial charge in [-0.3, -0.25) is 4.79 Å². The molecule has 4 heteroatoms. The largest absolute Gasteiger partial charge is 0.342 e. The summed E-state index contributed by atoms with van der Waals surface area (Å²) in [7, 11) is 1.90. The molecular weight excluding hydrogens is 184 g/mol. The summed E-state index contributed by atoms with van der Waals surface area (Å²) in [4.78, 5) is 13.3. The normalized spacial score (nSPS) is 15.8. The molecule has 0 saturated heterocycles. The third-order valence-electron chi connectivity index (χ3n) is 2.25. The lowest BCUT2D eigenvalue weighted by molar-refractivity contribution is -0.129. The summed E-state index contributed by atoms with van der Waals surface area (Å²) in [5.74, 6) is 1.30. The van der Waals surface area contributed by atoms with Crippen molar-refractivity contribution in [2.45, 2.75) is 18.9 Å². The van der Waals surface area contributed by atoms with Crippen molar-refractivity contribution in [3.8, 4) is 0 Å². The standard InChI is InChI=1S/C9H18N2OS/c1-11(8-3-4-8)9(12)7-10-5-6-13-2/h8,10H,3-7H2,1-2H3. The Bertz CT molecular complexity index is 171. The van der Waals surface area contributed by atoms with E-state index in [2.05, 4.69) is 11.6 Å². The highest BCUT2D eigenvalue weighted by Crippen LogP contribution is 2.24. The molecule has 13 heavy (non-hydrogen) atoms. The molecule has 76 valence electrons. The van der Waals surface area contributed by atoms with Gasteiger partial charge in [-0.25, -0.2) is 0 Å². The van der Waals surface area contributed by atoms with E-state index in [-0.39, 0.29) is 5.91 Å². The molecule has 0 radical (unpaired) electrons. The Labute approximate surface area is 84.2 Å². The van der Waals surface area contributed by atoms with E-state index in [9.17, 15) is 4.79 Å². The van der Waals surface area contributed by atoms with Crippen LogP contribution in [0.2, 0.25) is 0 Å². The molecule has 0 unspecified atom stereocenters. The van der Waals surface area contributed by atoms with E-state index < -0.39 is 0 Å². The van der Waals surface area contributed by atoms with Gasteiger partial charge < -0.3 is 10.2 Å². The second-order valence-electron chi connectivity index (χ2n) is 3.41. The molecule has 0 atom stereocenters. The van der Waals surface area contributed by atoms with Crippen molar-refractivity contribution >= 4 is 17.7 Å². The molecule has 1 saturated carbocycles. The van der Waals surface area contributed by atoms with Crippen LogP contribution in [0.4, 0.5) is 0 Å². The van der Waals surface area contributed by atoms with Crippen molar-refractivity contribution in [3.05, 3.63) is 0 Å².